The van der Waals surface area contributed by atoms with Gasteiger partial charge in [-0.05, 0) is 54.8 Å². The van der Waals surface area contributed by atoms with Gasteiger partial charge in [-0.25, -0.2) is 0 Å². The van der Waals surface area contributed by atoms with Gasteiger partial charge in [0.15, 0.2) is 6.29 Å². The maximum atomic E-state index is 11.5. The molecule has 0 heterocycles. The van der Waals surface area contributed by atoms with Gasteiger partial charge in [0.2, 0.25) is 0 Å². The third-order valence-corrected chi connectivity index (χ3v) is 9.97. The minimum Gasteiger partial charge on any atom is -0.393 e. The van der Waals surface area contributed by atoms with E-state index in [4.69, 9.17) is 9.47 Å². The molecular weight excluding hydrogens is 368 g/mol. The molecule has 29 heavy (non-hydrogen) atoms. The van der Waals surface area contributed by atoms with Crippen LogP contribution in [-0.2, 0) is 9.47 Å². The van der Waals surface area contributed by atoms with Crippen molar-refractivity contribution < 1.29 is 24.8 Å². The summed E-state index contributed by atoms with van der Waals surface area (Å²) in [5.41, 5.74) is -1.51. The molecule has 0 amide bonds. The van der Waals surface area contributed by atoms with Crippen LogP contribution in [0.15, 0.2) is 12.2 Å². The van der Waals surface area contributed by atoms with Crippen LogP contribution in [0.3, 0.4) is 0 Å². The predicted molar refractivity (Wildman–Crippen MR) is 111 cm³/mol. The maximum Gasteiger partial charge on any atom is 0.159 e. The van der Waals surface area contributed by atoms with Gasteiger partial charge < -0.3 is 24.8 Å². The summed E-state index contributed by atoms with van der Waals surface area (Å²) in [6.07, 6.45) is 7.78. The van der Waals surface area contributed by atoms with Crippen molar-refractivity contribution in [3.05, 3.63) is 12.2 Å². The van der Waals surface area contributed by atoms with Crippen molar-refractivity contribution >= 4 is 0 Å². The van der Waals surface area contributed by atoms with E-state index in [1.54, 1.807) is 14.2 Å². The van der Waals surface area contributed by atoms with Gasteiger partial charge in [-0.2, -0.15) is 0 Å². The van der Waals surface area contributed by atoms with E-state index in [1.807, 2.05) is 6.08 Å². The summed E-state index contributed by atoms with van der Waals surface area (Å²) in [6.45, 7) is 6.77. The molecule has 3 fully saturated rings. The Balaban J connectivity index is 1.66. The second-order valence-corrected chi connectivity index (χ2v) is 10.9. The number of hydrogen-bond acceptors (Lipinski definition) is 5. The highest BCUT2D eigenvalue weighted by Gasteiger charge is 2.66. The standard InChI is InChI=1S/C24H40O5/c1-14(21(28-4)29-5)17-6-7-18-16-8-11-24(27)13-15(25)12-20(26)23(24,3)19(16)9-10-22(17,18)2/h8,11,14-21,25-27H,6-7,9-10,12-13H2,1-5H3/t14?,15-,16-,17+,18-,19-,20-,22+,23-,24+/m0/s1. The molecule has 3 N–H and O–H groups in total. The first-order valence-corrected chi connectivity index (χ1v) is 11.5. The van der Waals surface area contributed by atoms with Crippen molar-refractivity contribution in [2.75, 3.05) is 14.2 Å². The minimum absolute atomic E-state index is 0.181. The quantitative estimate of drug-likeness (QED) is 0.492. The van der Waals surface area contributed by atoms with E-state index in [1.165, 1.54) is 12.8 Å². The molecule has 0 aromatic heterocycles. The first kappa shape index (κ1) is 21.8. The molecule has 0 radical (unpaired) electrons. The molecule has 4 rings (SSSR count). The van der Waals surface area contributed by atoms with Crippen molar-refractivity contribution in [3.63, 3.8) is 0 Å². The number of fused-ring (bicyclic) bond motifs is 5. The lowest BCUT2D eigenvalue weighted by molar-refractivity contribution is -0.219. The fourth-order valence-electron chi connectivity index (χ4n) is 8.32. The summed E-state index contributed by atoms with van der Waals surface area (Å²) in [5, 5.41) is 32.7. The van der Waals surface area contributed by atoms with Crippen LogP contribution in [0.5, 0.6) is 0 Å². The Hall–Kier alpha value is -0.460. The van der Waals surface area contributed by atoms with Crippen LogP contribution in [-0.4, -0.2) is 53.6 Å². The Labute approximate surface area is 175 Å². The highest BCUT2D eigenvalue weighted by Crippen LogP contribution is 2.67. The Morgan fingerprint density at radius 1 is 1.03 bits per heavy atom. The lowest BCUT2D eigenvalue weighted by atomic mass is 9.44. The molecule has 10 atom stereocenters. The second kappa shape index (κ2) is 7.30. The van der Waals surface area contributed by atoms with E-state index in [2.05, 4.69) is 26.8 Å². The summed E-state index contributed by atoms with van der Waals surface area (Å²) in [6, 6.07) is 0. The van der Waals surface area contributed by atoms with Gasteiger partial charge >= 0.3 is 0 Å². The van der Waals surface area contributed by atoms with Crippen LogP contribution in [0.1, 0.15) is 59.3 Å². The van der Waals surface area contributed by atoms with Gasteiger partial charge in [0, 0.05) is 38.4 Å². The zero-order valence-electron chi connectivity index (χ0n) is 18.7. The van der Waals surface area contributed by atoms with Crippen molar-refractivity contribution in [2.24, 2.45) is 40.4 Å². The fourth-order valence-corrected chi connectivity index (χ4v) is 8.32. The lowest BCUT2D eigenvalue weighted by Gasteiger charge is -2.63. The maximum absolute atomic E-state index is 11.5. The number of aliphatic hydroxyl groups excluding tert-OH is 2. The fraction of sp³-hybridized carbons (Fsp3) is 0.917. The van der Waals surface area contributed by atoms with E-state index < -0.39 is 23.2 Å². The Morgan fingerprint density at radius 3 is 2.38 bits per heavy atom. The monoisotopic (exact) mass is 408 g/mol. The van der Waals surface area contributed by atoms with Crippen molar-refractivity contribution in [2.45, 2.75) is 83.4 Å². The smallest absolute Gasteiger partial charge is 0.159 e. The van der Waals surface area contributed by atoms with E-state index in [-0.39, 0.29) is 17.6 Å². The Morgan fingerprint density at radius 2 is 1.72 bits per heavy atom. The first-order chi connectivity index (χ1) is 13.6. The molecule has 5 nitrogen and oxygen atoms in total. The van der Waals surface area contributed by atoms with E-state index in [0.29, 0.717) is 36.5 Å². The zero-order chi connectivity index (χ0) is 21.2. The van der Waals surface area contributed by atoms with E-state index >= 15 is 0 Å². The second-order valence-electron chi connectivity index (χ2n) is 10.9. The topological polar surface area (TPSA) is 79.2 Å². The summed E-state index contributed by atoms with van der Waals surface area (Å²) in [7, 11) is 3.45. The summed E-state index contributed by atoms with van der Waals surface area (Å²) < 4.78 is 11.2. The largest absolute Gasteiger partial charge is 0.393 e. The highest BCUT2D eigenvalue weighted by atomic mass is 16.7. The molecule has 1 unspecified atom stereocenters. The molecular formula is C24H40O5. The number of methoxy groups -OCH3 is 2. The lowest BCUT2D eigenvalue weighted by Crippen LogP contribution is -2.66. The molecule has 0 spiro atoms. The van der Waals surface area contributed by atoms with Gasteiger partial charge in [-0.1, -0.05) is 32.9 Å². The Kier molecular flexibility index (Phi) is 5.48. The van der Waals surface area contributed by atoms with Crippen LogP contribution in [0, 0.1) is 40.4 Å². The zero-order valence-corrected chi connectivity index (χ0v) is 18.7. The van der Waals surface area contributed by atoms with Crippen molar-refractivity contribution in [1.82, 2.24) is 0 Å². The molecule has 0 saturated heterocycles. The number of hydrogen-bond donors (Lipinski definition) is 3. The van der Waals surface area contributed by atoms with Crippen molar-refractivity contribution in [3.8, 4) is 0 Å². The minimum atomic E-state index is -1.12. The summed E-state index contributed by atoms with van der Waals surface area (Å²) >= 11 is 0. The SMILES string of the molecule is COC(OC)C(C)[C@H]1CC[C@H]2[C@@H]3C=C[C@@]4(O)C[C@@H](O)C[C@H](O)[C@]4(C)[C@H]3CC[C@]12C. The molecule has 0 aromatic carbocycles. The van der Waals surface area contributed by atoms with Crippen LogP contribution >= 0.6 is 0 Å². The molecule has 4 aliphatic carbocycles. The van der Waals surface area contributed by atoms with Gasteiger partial charge in [0.25, 0.3) is 0 Å². The number of allylic oxidation sites excluding steroid dienone is 1. The van der Waals surface area contributed by atoms with E-state index in [0.717, 1.165) is 12.8 Å². The Bertz CT molecular complexity index is 647. The highest BCUT2D eigenvalue weighted by molar-refractivity contribution is 5.26. The molecule has 166 valence electrons. The predicted octanol–water partition coefficient (Wildman–Crippen LogP) is 3.12. The first-order valence-electron chi connectivity index (χ1n) is 11.5. The average Bonchev–Trinajstić information content (AvgIpc) is 3.01. The van der Waals surface area contributed by atoms with Gasteiger partial charge in [-0.15, -0.1) is 0 Å². The summed E-state index contributed by atoms with van der Waals surface area (Å²) in [4.78, 5) is 0. The number of ether oxygens (including phenoxy) is 2. The van der Waals surface area contributed by atoms with E-state index in [9.17, 15) is 15.3 Å². The summed E-state index contributed by atoms with van der Waals surface area (Å²) in [5.74, 6) is 2.02. The number of aliphatic hydroxyl groups is 3. The van der Waals surface area contributed by atoms with Gasteiger partial charge in [0.05, 0.1) is 17.8 Å². The molecule has 0 bridgehead atoms. The molecule has 0 aromatic rings. The van der Waals surface area contributed by atoms with Crippen molar-refractivity contribution in [1.29, 1.82) is 0 Å². The third kappa shape index (κ3) is 2.91. The van der Waals surface area contributed by atoms with Gasteiger partial charge in [0.1, 0.15) is 0 Å². The van der Waals surface area contributed by atoms with Gasteiger partial charge in [-0.3, -0.25) is 0 Å². The third-order valence-electron chi connectivity index (χ3n) is 9.97. The normalized spacial score (nSPS) is 52.7. The molecule has 4 aliphatic rings. The van der Waals surface area contributed by atoms with Crippen LogP contribution in [0.2, 0.25) is 0 Å². The molecule has 3 saturated carbocycles. The van der Waals surface area contributed by atoms with Crippen LogP contribution in [0.4, 0.5) is 0 Å². The molecule has 5 heteroatoms. The average molecular weight is 409 g/mol. The van der Waals surface area contributed by atoms with Crippen LogP contribution < -0.4 is 0 Å². The number of rotatable bonds is 4. The molecule has 0 aliphatic heterocycles. The van der Waals surface area contributed by atoms with Crippen LogP contribution in [0.25, 0.3) is 0 Å².